The third-order valence-corrected chi connectivity index (χ3v) is 2.98. The number of halogens is 1. The van der Waals surface area contributed by atoms with Gasteiger partial charge in [0.1, 0.15) is 0 Å². The highest BCUT2D eigenvalue weighted by molar-refractivity contribution is 14.0. The molecule has 0 saturated carbocycles. The molecule has 0 radical (unpaired) electrons. The fourth-order valence-corrected chi connectivity index (χ4v) is 1.96. The number of aliphatic imine (C=N–C) groups is 1. The van der Waals surface area contributed by atoms with Crippen LogP contribution >= 0.6 is 35.3 Å². The van der Waals surface area contributed by atoms with Gasteiger partial charge < -0.3 is 16.0 Å². The van der Waals surface area contributed by atoms with Crippen LogP contribution < -0.4 is 16.0 Å². The van der Waals surface area contributed by atoms with Crippen LogP contribution in [0.1, 0.15) is 18.9 Å². The number of carbonyl (C=O) groups is 1. The van der Waals surface area contributed by atoms with Gasteiger partial charge in [0.2, 0.25) is 5.91 Å². The van der Waals surface area contributed by atoms with Crippen LogP contribution in [0.25, 0.3) is 0 Å². The number of nitrogens with zero attached hydrogens (tertiary/aromatic N) is 1. The number of rotatable bonds is 6. The van der Waals surface area contributed by atoms with E-state index in [4.69, 9.17) is 0 Å². The van der Waals surface area contributed by atoms with Gasteiger partial charge in [-0.05, 0) is 28.8 Å². The fourth-order valence-electron chi connectivity index (χ4n) is 1.29. The minimum atomic E-state index is -0.0182. The number of thiophene rings is 1. The topological polar surface area (TPSA) is 65.5 Å². The molecule has 108 valence electrons. The maximum atomic E-state index is 11.4. The molecule has 0 saturated heterocycles. The van der Waals surface area contributed by atoms with E-state index in [0.717, 1.165) is 6.42 Å². The van der Waals surface area contributed by atoms with Crippen LogP contribution in [0.5, 0.6) is 0 Å². The Morgan fingerprint density at radius 2 is 2.16 bits per heavy atom. The summed E-state index contributed by atoms with van der Waals surface area (Å²) in [6, 6.07) is 2.05. The average Bonchev–Trinajstić information content (AvgIpc) is 2.89. The van der Waals surface area contributed by atoms with Crippen LogP contribution in [0.4, 0.5) is 0 Å². The van der Waals surface area contributed by atoms with Crippen molar-refractivity contribution in [3.8, 4) is 0 Å². The third kappa shape index (κ3) is 8.04. The van der Waals surface area contributed by atoms with Gasteiger partial charge in [-0.3, -0.25) is 9.79 Å². The molecule has 0 aromatic carbocycles. The molecule has 1 amide bonds. The van der Waals surface area contributed by atoms with E-state index in [9.17, 15) is 4.79 Å². The van der Waals surface area contributed by atoms with Crippen LogP contribution in [0.2, 0.25) is 0 Å². The van der Waals surface area contributed by atoms with Crippen LogP contribution in [0.3, 0.4) is 0 Å². The van der Waals surface area contributed by atoms with Gasteiger partial charge in [0, 0.05) is 20.1 Å². The Morgan fingerprint density at radius 1 is 1.37 bits per heavy atom. The second-order valence-corrected chi connectivity index (χ2v) is 4.54. The molecule has 1 aromatic heterocycles. The van der Waals surface area contributed by atoms with E-state index in [1.54, 1.807) is 18.4 Å². The maximum absolute atomic E-state index is 11.4. The summed E-state index contributed by atoms with van der Waals surface area (Å²) in [6.07, 6.45) is 0.941. The van der Waals surface area contributed by atoms with Crippen molar-refractivity contribution in [3.63, 3.8) is 0 Å². The largest absolute Gasteiger partial charge is 0.355 e. The number of amides is 1. The molecule has 0 bridgehead atoms. The summed E-state index contributed by atoms with van der Waals surface area (Å²) in [6.45, 7) is 3.68. The molecule has 7 heteroatoms. The molecule has 0 aliphatic carbocycles. The van der Waals surface area contributed by atoms with E-state index in [2.05, 4.69) is 32.4 Å². The predicted molar refractivity (Wildman–Crippen MR) is 91.2 cm³/mol. The van der Waals surface area contributed by atoms with E-state index in [-0.39, 0.29) is 36.4 Å². The molecule has 3 N–H and O–H groups in total. The summed E-state index contributed by atoms with van der Waals surface area (Å²) >= 11 is 1.66. The number of guanidine groups is 1. The Morgan fingerprint density at radius 3 is 2.74 bits per heavy atom. The van der Waals surface area contributed by atoms with Crippen LogP contribution in [0.15, 0.2) is 21.8 Å². The van der Waals surface area contributed by atoms with Crippen LogP contribution in [-0.2, 0) is 11.3 Å². The fraction of sp³-hybridized carbons (Fsp3) is 0.500. The Kier molecular flexibility index (Phi) is 10.6. The van der Waals surface area contributed by atoms with Crippen molar-refractivity contribution < 1.29 is 4.79 Å². The Bertz CT molecular complexity index is 381. The summed E-state index contributed by atoms with van der Waals surface area (Å²) in [7, 11) is 1.69. The van der Waals surface area contributed by atoms with Gasteiger partial charge in [0.15, 0.2) is 5.96 Å². The first-order chi connectivity index (χ1) is 8.76. The molecular formula is C12H21IN4OS. The van der Waals surface area contributed by atoms with Crippen LogP contribution in [0, 0.1) is 0 Å². The third-order valence-electron chi connectivity index (χ3n) is 2.25. The number of hydrogen-bond acceptors (Lipinski definition) is 3. The molecule has 0 unspecified atom stereocenters. The minimum absolute atomic E-state index is 0. The van der Waals surface area contributed by atoms with E-state index < -0.39 is 0 Å². The SMILES string of the molecule is CCCNC(=O)CNC(=NC)NCc1ccsc1.I. The second kappa shape index (κ2) is 11.0. The first kappa shape index (κ1) is 18.2. The quantitative estimate of drug-likeness (QED) is 0.389. The molecular weight excluding hydrogens is 375 g/mol. The molecule has 19 heavy (non-hydrogen) atoms. The van der Waals surface area contributed by atoms with Crippen molar-refractivity contribution in [2.75, 3.05) is 20.1 Å². The lowest BCUT2D eigenvalue weighted by atomic mass is 10.3. The van der Waals surface area contributed by atoms with Crippen molar-refractivity contribution >= 4 is 47.2 Å². The maximum Gasteiger partial charge on any atom is 0.239 e. The summed E-state index contributed by atoms with van der Waals surface area (Å²) < 4.78 is 0. The van der Waals surface area contributed by atoms with E-state index >= 15 is 0 Å². The molecule has 0 spiro atoms. The standard InChI is InChI=1S/C12H20N4OS.HI/c1-3-5-14-11(17)8-16-12(13-2)15-7-10-4-6-18-9-10;/h4,6,9H,3,5,7-8H2,1-2H3,(H,14,17)(H2,13,15,16);1H. The first-order valence-corrected chi connectivity index (χ1v) is 6.92. The zero-order chi connectivity index (χ0) is 13.2. The molecule has 0 aliphatic rings. The first-order valence-electron chi connectivity index (χ1n) is 5.98. The highest BCUT2D eigenvalue weighted by Gasteiger charge is 2.02. The van der Waals surface area contributed by atoms with Crippen molar-refractivity contribution in [2.45, 2.75) is 19.9 Å². The van der Waals surface area contributed by atoms with Gasteiger partial charge in [-0.1, -0.05) is 6.92 Å². The van der Waals surface area contributed by atoms with Gasteiger partial charge in [-0.2, -0.15) is 11.3 Å². The summed E-state index contributed by atoms with van der Waals surface area (Å²) in [5.74, 6) is 0.614. The van der Waals surface area contributed by atoms with Gasteiger partial charge in [-0.15, -0.1) is 24.0 Å². The lowest BCUT2D eigenvalue weighted by Gasteiger charge is -2.11. The van der Waals surface area contributed by atoms with Gasteiger partial charge in [-0.25, -0.2) is 0 Å². The van der Waals surface area contributed by atoms with Crippen molar-refractivity contribution in [1.82, 2.24) is 16.0 Å². The molecule has 0 atom stereocenters. The zero-order valence-electron chi connectivity index (χ0n) is 11.2. The molecule has 0 fully saturated rings. The van der Waals surface area contributed by atoms with E-state index in [0.29, 0.717) is 19.0 Å². The Balaban J connectivity index is 0.00000324. The lowest BCUT2D eigenvalue weighted by Crippen LogP contribution is -2.42. The molecule has 1 heterocycles. The summed E-state index contributed by atoms with van der Waals surface area (Å²) in [5, 5.41) is 13.0. The average molecular weight is 396 g/mol. The van der Waals surface area contributed by atoms with Crippen molar-refractivity contribution in [3.05, 3.63) is 22.4 Å². The second-order valence-electron chi connectivity index (χ2n) is 3.76. The van der Waals surface area contributed by atoms with Crippen molar-refractivity contribution in [1.29, 1.82) is 0 Å². The Hall–Kier alpha value is -0.830. The molecule has 0 aliphatic heterocycles. The number of hydrogen-bond donors (Lipinski definition) is 3. The van der Waals surface area contributed by atoms with Crippen molar-refractivity contribution in [2.24, 2.45) is 4.99 Å². The van der Waals surface area contributed by atoms with Gasteiger partial charge in [0.05, 0.1) is 6.54 Å². The number of carbonyl (C=O) groups excluding carboxylic acids is 1. The molecule has 5 nitrogen and oxygen atoms in total. The minimum Gasteiger partial charge on any atom is -0.355 e. The Labute approximate surface area is 135 Å². The normalized spacial score (nSPS) is 10.5. The smallest absolute Gasteiger partial charge is 0.239 e. The van der Waals surface area contributed by atoms with E-state index in [1.165, 1.54) is 5.56 Å². The van der Waals surface area contributed by atoms with E-state index in [1.807, 2.05) is 12.3 Å². The van der Waals surface area contributed by atoms with Gasteiger partial charge >= 0.3 is 0 Å². The summed E-state index contributed by atoms with van der Waals surface area (Å²) in [5.41, 5.74) is 1.21. The molecule has 1 aromatic rings. The summed E-state index contributed by atoms with van der Waals surface area (Å²) in [4.78, 5) is 15.5. The predicted octanol–water partition coefficient (Wildman–Crippen LogP) is 1.56. The monoisotopic (exact) mass is 396 g/mol. The highest BCUT2D eigenvalue weighted by Crippen LogP contribution is 2.04. The number of nitrogens with one attached hydrogen (secondary N) is 3. The molecule has 1 rings (SSSR count). The lowest BCUT2D eigenvalue weighted by molar-refractivity contribution is -0.120. The van der Waals surface area contributed by atoms with Gasteiger partial charge in [0.25, 0.3) is 0 Å². The van der Waals surface area contributed by atoms with Crippen LogP contribution in [-0.4, -0.2) is 32.0 Å². The highest BCUT2D eigenvalue weighted by atomic mass is 127. The zero-order valence-corrected chi connectivity index (χ0v) is 14.4.